The van der Waals surface area contributed by atoms with Crippen LogP contribution in [0.3, 0.4) is 0 Å². The SMILES string of the molecule is CC(C)O[S@@](=O)c1ccc([N+](=O)[O-])cc1. The molecule has 0 heterocycles. The van der Waals surface area contributed by atoms with Gasteiger partial charge in [-0.25, -0.2) is 4.21 Å². The molecule has 0 aliphatic rings. The van der Waals surface area contributed by atoms with Crippen molar-refractivity contribution in [1.82, 2.24) is 0 Å². The van der Waals surface area contributed by atoms with E-state index in [-0.39, 0.29) is 11.8 Å². The molecule has 0 aliphatic heterocycles. The number of nitro benzene ring substituents is 1. The van der Waals surface area contributed by atoms with E-state index >= 15 is 0 Å². The molecule has 0 fully saturated rings. The third-order valence-electron chi connectivity index (χ3n) is 1.52. The van der Waals surface area contributed by atoms with Gasteiger partial charge in [-0.2, -0.15) is 0 Å². The average Bonchev–Trinajstić information content (AvgIpc) is 2.17. The molecule has 0 aromatic heterocycles. The fourth-order valence-electron chi connectivity index (χ4n) is 0.909. The van der Waals surface area contributed by atoms with Crippen molar-refractivity contribution in [3.05, 3.63) is 34.4 Å². The highest BCUT2D eigenvalue weighted by atomic mass is 32.2. The Labute approximate surface area is 89.9 Å². The van der Waals surface area contributed by atoms with Crippen molar-refractivity contribution in [2.24, 2.45) is 0 Å². The fraction of sp³-hybridized carbons (Fsp3) is 0.333. The highest BCUT2D eigenvalue weighted by Gasteiger charge is 2.09. The summed E-state index contributed by atoms with van der Waals surface area (Å²) in [5.41, 5.74) is -0.0275. The maximum atomic E-state index is 11.5. The van der Waals surface area contributed by atoms with Gasteiger partial charge in [-0.1, -0.05) is 0 Å². The van der Waals surface area contributed by atoms with Crippen molar-refractivity contribution in [2.75, 3.05) is 0 Å². The molecule has 5 nitrogen and oxygen atoms in total. The molecule has 1 aromatic carbocycles. The lowest BCUT2D eigenvalue weighted by Crippen LogP contribution is -2.05. The Morgan fingerprint density at radius 1 is 1.33 bits per heavy atom. The number of benzene rings is 1. The molecule has 0 bridgehead atoms. The summed E-state index contributed by atoms with van der Waals surface area (Å²) in [4.78, 5) is 10.3. The second-order valence-corrected chi connectivity index (χ2v) is 4.26. The summed E-state index contributed by atoms with van der Waals surface area (Å²) in [5, 5.41) is 10.4. The van der Waals surface area contributed by atoms with Crippen LogP contribution in [0.25, 0.3) is 0 Å². The molecule has 0 amide bonds. The van der Waals surface area contributed by atoms with Crippen molar-refractivity contribution in [3.63, 3.8) is 0 Å². The molecule has 0 unspecified atom stereocenters. The molecule has 15 heavy (non-hydrogen) atoms. The minimum atomic E-state index is -1.56. The van der Waals surface area contributed by atoms with Gasteiger partial charge in [-0.05, 0) is 26.0 Å². The lowest BCUT2D eigenvalue weighted by Gasteiger charge is -2.05. The number of non-ortho nitro benzene ring substituents is 1. The monoisotopic (exact) mass is 229 g/mol. The fourth-order valence-corrected chi connectivity index (χ4v) is 1.73. The van der Waals surface area contributed by atoms with E-state index in [1.165, 1.54) is 24.3 Å². The molecule has 0 saturated carbocycles. The smallest absolute Gasteiger partial charge is 0.269 e. The van der Waals surface area contributed by atoms with E-state index in [4.69, 9.17) is 4.18 Å². The van der Waals surface area contributed by atoms with Crippen LogP contribution in [0, 0.1) is 10.1 Å². The van der Waals surface area contributed by atoms with E-state index in [1.807, 2.05) is 0 Å². The Morgan fingerprint density at radius 2 is 1.87 bits per heavy atom. The molecular weight excluding hydrogens is 218 g/mol. The summed E-state index contributed by atoms with van der Waals surface area (Å²) in [6.07, 6.45) is -0.152. The summed E-state index contributed by atoms with van der Waals surface area (Å²) in [5.74, 6) is 0. The second-order valence-electron chi connectivity index (χ2n) is 3.13. The maximum absolute atomic E-state index is 11.5. The van der Waals surface area contributed by atoms with Crippen LogP contribution < -0.4 is 0 Å². The topological polar surface area (TPSA) is 69.4 Å². The molecule has 0 saturated heterocycles. The van der Waals surface area contributed by atoms with E-state index in [9.17, 15) is 14.3 Å². The van der Waals surface area contributed by atoms with Crippen LogP contribution in [-0.4, -0.2) is 15.2 Å². The zero-order chi connectivity index (χ0) is 11.4. The highest BCUT2D eigenvalue weighted by molar-refractivity contribution is 7.80. The highest BCUT2D eigenvalue weighted by Crippen LogP contribution is 2.15. The van der Waals surface area contributed by atoms with Crippen LogP contribution in [0.15, 0.2) is 29.2 Å². The van der Waals surface area contributed by atoms with E-state index in [0.29, 0.717) is 4.90 Å². The molecule has 0 spiro atoms. The first-order valence-electron chi connectivity index (χ1n) is 4.34. The molecule has 82 valence electrons. The summed E-state index contributed by atoms with van der Waals surface area (Å²) in [6.45, 7) is 3.53. The zero-order valence-electron chi connectivity index (χ0n) is 8.38. The number of nitro groups is 1. The largest absolute Gasteiger partial charge is 0.284 e. The predicted octanol–water partition coefficient (Wildman–Crippen LogP) is 2.04. The Morgan fingerprint density at radius 3 is 2.27 bits per heavy atom. The first kappa shape index (κ1) is 11.8. The molecule has 1 aromatic rings. The third-order valence-corrected chi connectivity index (χ3v) is 2.74. The van der Waals surface area contributed by atoms with E-state index in [1.54, 1.807) is 13.8 Å². The Bertz CT molecular complexity index is 374. The van der Waals surface area contributed by atoms with Crippen molar-refractivity contribution >= 4 is 16.8 Å². The standard InChI is InChI=1S/C9H11NO4S/c1-7(2)14-15(13)9-5-3-8(4-6-9)10(11)12/h3-7H,1-2H3/t15-/m1/s1. The van der Waals surface area contributed by atoms with Gasteiger partial charge in [0.2, 0.25) is 0 Å². The van der Waals surface area contributed by atoms with Crippen molar-refractivity contribution in [1.29, 1.82) is 0 Å². The molecule has 0 radical (unpaired) electrons. The molecular formula is C9H11NO4S. The Hall–Kier alpha value is -1.27. The minimum absolute atomic E-state index is 0.0275. The van der Waals surface area contributed by atoms with Crippen LogP contribution >= 0.6 is 0 Å². The summed E-state index contributed by atoms with van der Waals surface area (Å²) in [6, 6.07) is 5.46. The quantitative estimate of drug-likeness (QED) is 0.585. The third kappa shape index (κ3) is 3.41. The molecule has 1 rings (SSSR count). The number of nitrogens with zero attached hydrogens (tertiary/aromatic N) is 1. The van der Waals surface area contributed by atoms with Gasteiger partial charge in [0.25, 0.3) is 5.69 Å². The van der Waals surface area contributed by atoms with Gasteiger partial charge in [0.15, 0.2) is 11.1 Å². The number of hydrogen-bond acceptors (Lipinski definition) is 4. The molecule has 0 N–H and O–H groups in total. The lowest BCUT2D eigenvalue weighted by atomic mass is 10.3. The van der Waals surface area contributed by atoms with Gasteiger partial charge in [0.1, 0.15) is 0 Å². The average molecular weight is 229 g/mol. The van der Waals surface area contributed by atoms with Crippen LogP contribution in [0.2, 0.25) is 0 Å². The number of rotatable bonds is 4. The second kappa shape index (κ2) is 4.99. The Balaban J connectivity index is 2.80. The first-order chi connectivity index (χ1) is 7.00. The van der Waals surface area contributed by atoms with Gasteiger partial charge in [0, 0.05) is 12.1 Å². The van der Waals surface area contributed by atoms with Crippen molar-refractivity contribution in [3.8, 4) is 0 Å². The minimum Gasteiger partial charge on any atom is -0.284 e. The lowest BCUT2D eigenvalue weighted by molar-refractivity contribution is -0.384. The van der Waals surface area contributed by atoms with Gasteiger partial charge < -0.3 is 0 Å². The zero-order valence-corrected chi connectivity index (χ0v) is 9.19. The Kier molecular flexibility index (Phi) is 3.93. The van der Waals surface area contributed by atoms with Gasteiger partial charge in [-0.15, -0.1) is 0 Å². The summed E-state index contributed by atoms with van der Waals surface area (Å²) < 4.78 is 16.5. The van der Waals surface area contributed by atoms with E-state index in [0.717, 1.165) is 0 Å². The normalized spacial score (nSPS) is 12.7. The van der Waals surface area contributed by atoms with Gasteiger partial charge >= 0.3 is 0 Å². The maximum Gasteiger partial charge on any atom is 0.269 e. The van der Waals surface area contributed by atoms with Gasteiger partial charge in [-0.3, -0.25) is 14.3 Å². The first-order valence-corrected chi connectivity index (χ1v) is 5.41. The molecule has 6 heteroatoms. The summed E-state index contributed by atoms with van der Waals surface area (Å²) >= 11 is -1.56. The predicted molar refractivity (Wildman–Crippen MR) is 55.7 cm³/mol. The molecule has 1 atom stereocenters. The van der Waals surface area contributed by atoms with Crippen LogP contribution in [0.4, 0.5) is 5.69 Å². The van der Waals surface area contributed by atoms with E-state index < -0.39 is 16.0 Å². The van der Waals surface area contributed by atoms with Gasteiger partial charge in [0.05, 0.1) is 15.9 Å². The van der Waals surface area contributed by atoms with Crippen LogP contribution in [0.5, 0.6) is 0 Å². The van der Waals surface area contributed by atoms with Crippen molar-refractivity contribution < 1.29 is 13.3 Å². The van der Waals surface area contributed by atoms with E-state index in [2.05, 4.69) is 0 Å². The number of hydrogen-bond donors (Lipinski definition) is 0. The van der Waals surface area contributed by atoms with Crippen LogP contribution in [0.1, 0.15) is 13.8 Å². The molecule has 0 aliphatic carbocycles. The van der Waals surface area contributed by atoms with Crippen LogP contribution in [-0.2, 0) is 15.3 Å². The summed E-state index contributed by atoms with van der Waals surface area (Å²) in [7, 11) is 0. The van der Waals surface area contributed by atoms with Crippen molar-refractivity contribution in [2.45, 2.75) is 24.8 Å².